The summed E-state index contributed by atoms with van der Waals surface area (Å²) in [6, 6.07) is 7.10. The molecule has 1 saturated carbocycles. The van der Waals surface area contributed by atoms with Crippen LogP contribution in [0.4, 0.5) is 0 Å². The Labute approximate surface area is 170 Å². The summed E-state index contributed by atoms with van der Waals surface area (Å²) in [5.74, 6) is 0.702. The van der Waals surface area contributed by atoms with Crippen molar-refractivity contribution < 1.29 is 18.5 Å². The van der Waals surface area contributed by atoms with E-state index in [1.807, 2.05) is 38.2 Å². The number of nitrogens with two attached hydrogens (primary N) is 1. The van der Waals surface area contributed by atoms with Gasteiger partial charge in [0.1, 0.15) is 6.04 Å². The zero-order valence-corrected chi connectivity index (χ0v) is 18.3. The highest BCUT2D eigenvalue weighted by Gasteiger charge is 2.22. The molecule has 0 heterocycles. The third kappa shape index (κ3) is 6.29. The Morgan fingerprint density at radius 2 is 1.75 bits per heavy atom. The molecule has 6 nitrogen and oxygen atoms in total. The molecule has 0 unspecified atom stereocenters. The van der Waals surface area contributed by atoms with E-state index in [9.17, 15) is 13.2 Å². The summed E-state index contributed by atoms with van der Waals surface area (Å²) >= 11 is 0. The lowest BCUT2D eigenvalue weighted by Gasteiger charge is -2.21. The maximum Gasteiger partial charge on any atom is 0.275 e. The van der Waals surface area contributed by atoms with Gasteiger partial charge in [0.05, 0.1) is 4.90 Å². The van der Waals surface area contributed by atoms with Crippen LogP contribution in [0.5, 0.6) is 0 Å². The van der Waals surface area contributed by atoms with Crippen molar-refractivity contribution in [3.63, 3.8) is 0 Å². The van der Waals surface area contributed by atoms with Crippen LogP contribution in [0.1, 0.15) is 64.5 Å². The van der Waals surface area contributed by atoms with Gasteiger partial charge < -0.3 is 10.6 Å². The fourth-order valence-electron chi connectivity index (χ4n) is 3.80. The number of quaternary nitrogens is 1. The first-order valence-corrected chi connectivity index (χ1v) is 12.0. The molecule has 1 aliphatic rings. The largest absolute Gasteiger partial charge is 0.351 e. The lowest BCUT2D eigenvalue weighted by molar-refractivity contribution is -0.682. The number of carbonyl (C=O) groups is 1. The predicted molar refractivity (Wildman–Crippen MR) is 111 cm³/mol. The fraction of sp³-hybridized carbons (Fsp3) is 0.667. The summed E-state index contributed by atoms with van der Waals surface area (Å²) in [6.45, 7) is 7.80. The first kappa shape index (κ1) is 22.8. The monoisotopic (exact) mass is 410 g/mol. The van der Waals surface area contributed by atoms with Gasteiger partial charge in [-0.15, -0.1) is 0 Å². The average molecular weight is 411 g/mol. The zero-order chi connectivity index (χ0) is 20.6. The molecule has 1 aromatic carbocycles. The summed E-state index contributed by atoms with van der Waals surface area (Å²) in [6.07, 6.45) is 6.34. The predicted octanol–water partition coefficient (Wildman–Crippen LogP) is 2.04. The lowest BCUT2D eigenvalue weighted by Crippen LogP contribution is -2.87. The maximum absolute atomic E-state index is 12.6. The van der Waals surface area contributed by atoms with Gasteiger partial charge in [-0.05, 0) is 37.8 Å². The van der Waals surface area contributed by atoms with E-state index in [4.69, 9.17) is 0 Å². The highest BCUT2D eigenvalue weighted by atomic mass is 32.2. The second kappa shape index (κ2) is 10.9. The van der Waals surface area contributed by atoms with Crippen molar-refractivity contribution in [1.29, 1.82) is 0 Å². The minimum atomic E-state index is -3.43. The molecule has 0 saturated heterocycles. The summed E-state index contributed by atoms with van der Waals surface area (Å²) in [5.41, 5.74) is 1.01. The van der Waals surface area contributed by atoms with E-state index in [-0.39, 0.29) is 11.9 Å². The Morgan fingerprint density at radius 3 is 2.32 bits per heavy atom. The van der Waals surface area contributed by atoms with E-state index in [0.29, 0.717) is 30.4 Å². The molecule has 0 spiro atoms. The Balaban J connectivity index is 1.83. The van der Waals surface area contributed by atoms with Crippen molar-refractivity contribution in [2.24, 2.45) is 5.92 Å². The Morgan fingerprint density at radius 1 is 1.14 bits per heavy atom. The van der Waals surface area contributed by atoms with Gasteiger partial charge in [-0.3, -0.25) is 4.79 Å². The van der Waals surface area contributed by atoms with Gasteiger partial charge in [-0.1, -0.05) is 45.2 Å². The zero-order valence-electron chi connectivity index (χ0n) is 17.5. The van der Waals surface area contributed by atoms with Crippen LogP contribution in [-0.2, 0) is 14.8 Å². The molecule has 1 atom stereocenters. The molecule has 2 rings (SSSR count). The normalized spacial score (nSPS) is 16.9. The van der Waals surface area contributed by atoms with Gasteiger partial charge in [0.2, 0.25) is 10.0 Å². The van der Waals surface area contributed by atoms with E-state index in [0.717, 1.165) is 12.1 Å². The van der Waals surface area contributed by atoms with E-state index < -0.39 is 10.0 Å². The number of sulfonamides is 1. The molecule has 7 heteroatoms. The number of nitrogens with zero attached hydrogens (tertiary/aromatic N) is 1. The Bertz CT molecular complexity index is 709. The number of nitrogens with one attached hydrogen (secondary N) is 1. The molecule has 1 amide bonds. The van der Waals surface area contributed by atoms with Crippen LogP contribution in [0.15, 0.2) is 29.2 Å². The number of hydrogen-bond donors (Lipinski definition) is 2. The van der Waals surface area contributed by atoms with E-state index in [1.165, 1.54) is 36.4 Å². The standard InChI is InChI=1S/C21H35N3O3S/c1-4-24(5-2)28(26,27)20-13-11-19(12-14-20)17(3)22-16-21(25)23-15-18-9-7-6-8-10-18/h11-14,17-18,22H,4-10,15-16H2,1-3H3,(H,23,25)/p+1/t17-/m0/s1. The van der Waals surface area contributed by atoms with Crippen molar-refractivity contribution in [2.75, 3.05) is 26.2 Å². The molecule has 0 aliphatic heterocycles. The Hall–Kier alpha value is -1.44. The van der Waals surface area contributed by atoms with Crippen LogP contribution in [0, 0.1) is 5.92 Å². The summed E-state index contributed by atoms with van der Waals surface area (Å²) in [5, 5.41) is 5.05. The quantitative estimate of drug-likeness (QED) is 0.619. The van der Waals surface area contributed by atoms with Crippen molar-refractivity contribution in [1.82, 2.24) is 9.62 Å². The number of benzene rings is 1. The third-order valence-electron chi connectivity index (χ3n) is 5.72. The lowest BCUT2D eigenvalue weighted by atomic mass is 9.89. The molecule has 0 aromatic heterocycles. The molecule has 3 N–H and O–H groups in total. The second-order valence-electron chi connectivity index (χ2n) is 7.69. The van der Waals surface area contributed by atoms with E-state index >= 15 is 0 Å². The van der Waals surface area contributed by atoms with Crippen LogP contribution in [0.3, 0.4) is 0 Å². The fourth-order valence-corrected chi connectivity index (χ4v) is 5.26. The molecular formula is C21H36N3O3S+. The topological polar surface area (TPSA) is 83.1 Å². The first-order chi connectivity index (χ1) is 13.4. The molecule has 0 bridgehead atoms. The van der Waals surface area contributed by atoms with Crippen LogP contribution >= 0.6 is 0 Å². The molecule has 28 heavy (non-hydrogen) atoms. The van der Waals surface area contributed by atoms with Gasteiger partial charge in [-0.25, -0.2) is 8.42 Å². The molecule has 158 valence electrons. The summed E-state index contributed by atoms with van der Waals surface area (Å²) < 4.78 is 26.6. The second-order valence-corrected chi connectivity index (χ2v) is 9.63. The minimum Gasteiger partial charge on any atom is -0.351 e. The van der Waals surface area contributed by atoms with Crippen LogP contribution in [0.25, 0.3) is 0 Å². The number of carbonyl (C=O) groups excluding carboxylic acids is 1. The average Bonchev–Trinajstić information content (AvgIpc) is 2.72. The first-order valence-electron chi connectivity index (χ1n) is 10.6. The van der Waals surface area contributed by atoms with Crippen molar-refractivity contribution in [3.8, 4) is 0 Å². The molecule has 1 aliphatic carbocycles. The number of hydrogen-bond acceptors (Lipinski definition) is 3. The smallest absolute Gasteiger partial charge is 0.275 e. The van der Waals surface area contributed by atoms with Gasteiger partial charge in [0.25, 0.3) is 5.91 Å². The van der Waals surface area contributed by atoms with Crippen LogP contribution < -0.4 is 10.6 Å². The highest BCUT2D eigenvalue weighted by molar-refractivity contribution is 7.89. The van der Waals surface area contributed by atoms with Crippen LogP contribution in [-0.4, -0.2) is 44.8 Å². The Kier molecular flexibility index (Phi) is 8.92. The van der Waals surface area contributed by atoms with Gasteiger partial charge >= 0.3 is 0 Å². The van der Waals surface area contributed by atoms with Crippen molar-refractivity contribution in [2.45, 2.75) is 63.8 Å². The van der Waals surface area contributed by atoms with E-state index in [2.05, 4.69) is 5.32 Å². The molecule has 1 aromatic rings. The van der Waals surface area contributed by atoms with Gasteiger partial charge in [-0.2, -0.15) is 4.31 Å². The molecular weight excluding hydrogens is 374 g/mol. The van der Waals surface area contributed by atoms with Crippen LogP contribution in [0.2, 0.25) is 0 Å². The number of rotatable bonds is 10. The third-order valence-corrected chi connectivity index (χ3v) is 7.78. The van der Waals surface area contributed by atoms with Crippen molar-refractivity contribution >= 4 is 15.9 Å². The summed E-state index contributed by atoms with van der Waals surface area (Å²) in [7, 11) is -3.43. The number of amides is 1. The van der Waals surface area contributed by atoms with Gasteiger partial charge in [0.15, 0.2) is 6.54 Å². The molecule has 0 radical (unpaired) electrons. The minimum absolute atomic E-state index is 0.0677. The highest BCUT2D eigenvalue weighted by Crippen LogP contribution is 2.22. The van der Waals surface area contributed by atoms with Gasteiger partial charge in [0, 0.05) is 25.2 Å². The maximum atomic E-state index is 12.6. The van der Waals surface area contributed by atoms with Crippen molar-refractivity contribution in [3.05, 3.63) is 29.8 Å². The molecule has 1 fully saturated rings. The van der Waals surface area contributed by atoms with E-state index in [1.54, 1.807) is 12.1 Å². The summed E-state index contributed by atoms with van der Waals surface area (Å²) in [4.78, 5) is 12.4. The SMILES string of the molecule is CCN(CC)S(=O)(=O)c1ccc([C@H](C)[NH2+]CC(=O)NCC2CCCCC2)cc1.